The van der Waals surface area contributed by atoms with E-state index in [1.165, 1.54) is 0 Å². The van der Waals surface area contributed by atoms with Crippen molar-refractivity contribution in [1.82, 2.24) is 10.1 Å². The van der Waals surface area contributed by atoms with E-state index in [0.717, 1.165) is 0 Å². The molecular weight excluding hydrogens is 332 g/mol. The minimum absolute atomic E-state index is 0.0505. The molecule has 5 nitrogen and oxygen atoms in total. The first-order valence-electron chi connectivity index (χ1n) is 7.78. The second-order valence-electron chi connectivity index (χ2n) is 7.19. The van der Waals surface area contributed by atoms with Crippen molar-refractivity contribution < 1.29 is 14.4 Å². The highest BCUT2D eigenvalue weighted by Gasteiger charge is 2.72. The number of carbonyl (C=O) groups is 1. The van der Waals surface area contributed by atoms with Gasteiger partial charge in [-0.3, -0.25) is 0 Å². The highest BCUT2D eigenvalue weighted by atomic mass is 32.2. The lowest BCUT2D eigenvalue weighted by molar-refractivity contribution is -0.152. The summed E-state index contributed by atoms with van der Waals surface area (Å²) in [4.78, 5) is 15.2. The summed E-state index contributed by atoms with van der Waals surface area (Å²) in [5.74, 6) is 0.00856. The third-order valence-electron chi connectivity index (χ3n) is 5.04. The van der Waals surface area contributed by atoms with E-state index in [1.807, 2.05) is 39.5 Å². The maximum absolute atomic E-state index is 12.6. The van der Waals surface area contributed by atoms with Gasteiger partial charge in [0.1, 0.15) is 5.76 Å². The van der Waals surface area contributed by atoms with Gasteiger partial charge in [-0.2, -0.15) is 0 Å². The zero-order valence-corrected chi connectivity index (χ0v) is 15.8. The number of nitrogens with zero attached hydrogens (tertiary/aromatic N) is 2. The number of thioether (sulfide) groups is 1. The molecule has 1 aromatic heterocycles. The van der Waals surface area contributed by atoms with Gasteiger partial charge in [0.15, 0.2) is 5.54 Å². The largest absolute Gasteiger partial charge is 0.479 e. The number of fused-ring (bicyclic) bond motifs is 1. The molecule has 1 N–H and O–H groups in total. The Morgan fingerprint density at radius 3 is 2.61 bits per heavy atom. The van der Waals surface area contributed by atoms with Crippen LogP contribution in [-0.2, 0) is 10.3 Å². The predicted molar refractivity (Wildman–Crippen MR) is 93.7 cm³/mol. The van der Waals surface area contributed by atoms with Crippen LogP contribution in [0.1, 0.15) is 57.6 Å². The summed E-state index contributed by atoms with van der Waals surface area (Å²) in [6.45, 7) is 11.8. The van der Waals surface area contributed by atoms with E-state index in [4.69, 9.17) is 16.7 Å². The summed E-state index contributed by atoms with van der Waals surface area (Å²) >= 11 is 7.22. The van der Waals surface area contributed by atoms with Crippen LogP contribution in [0.5, 0.6) is 0 Å². The van der Waals surface area contributed by atoms with Crippen molar-refractivity contribution in [3.8, 4) is 0 Å². The van der Waals surface area contributed by atoms with Crippen LogP contribution in [0.2, 0.25) is 0 Å². The fourth-order valence-corrected chi connectivity index (χ4v) is 6.21. The fraction of sp³-hybridized carbons (Fsp3) is 0.688. The molecule has 2 fully saturated rings. The molecule has 23 heavy (non-hydrogen) atoms. The molecule has 7 heteroatoms. The smallest absolute Gasteiger partial charge is 0.336 e. The van der Waals surface area contributed by atoms with Gasteiger partial charge in [0.2, 0.25) is 0 Å². The number of rotatable bonds is 3. The van der Waals surface area contributed by atoms with Gasteiger partial charge in [-0.15, -0.1) is 11.8 Å². The highest BCUT2D eigenvalue weighted by Crippen LogP contribution is 2.64. The van der Waals surface area contributed by atoms with Gasteiger partial charge in [0.25, 0.3) is 0 Å². The van der Waals surface area contributed by atoms with Crippen LogP contribution in [0.25, 0.3) is 0 Å². The molecular formula is C16H22N2O3S2. The average Bonchev–Trinajstić information content (AvgIpc) is 2.93. The minimum Gasteiger partial charge on any atom is -0.479 e. The molecule has 0 amide bonds. The lowest BCUT2D eigenvalue weighted by atomic mass is 9.73. The number of carboxylic acids is 1. The normalized spacial score (nSPS) is 32.1. The van der Waals surface area contributed by atoms with Crippen LogP contribution >= 0.6 is 24.0 Å². The Morgan fingerprint density at radius 1 is 1.48 bits per heavy atom. The van der Waals surface area contributed by atoms with Crippen molar-refractivity contribution in [1.29, 1.82) is 0 Å². The number of hydrogen-bond donors (Lipinski definition) is 1. The lowest BCUT2D eigenvalue weighted by Crippen LogP contribution is -2.67. The Hall–Kier alpha value is -1.08. The molecule has 2 saturated heterocycles. The van der Waals surface area contributed by atoms with Crippen molar-refractivity contribution in [2.45, 2.75) is 63.1 Å². The molecule has 0 unspecified atom stereocenters. The number of aryl methyl sites for hydroxylation is 1. The van der Waals surface area contributed by atoms with Crippen molar-refractivity contribution in [2.24, 2.45) is 5.92 Å². The number of hydrogen-bond acceptors (Lipinski definition) is 5. The van der Waals surface area contributed by atoms with Crippen molar-refractivity contribution >= 4 is 34.9 Å². The first-order valence-corrected chi connectivity index (χ1v) is 9.07. The van der Waals surface area contributed by atoms with Gasteiger partial charge in [0, 0.05) is 11.8 Å². The van der Waals surface area contributed by atoms with Crippen molar-refractivity contribution in [2.75, 3.05) is 0 Å². The average molecular weight is 354 g/mol. The molecule has 0 spiro atoms. The Bertz CT molecular complexity index is 697. The van der Waals surface area contributed by atoms with Crippen LogP contribution in [0.15, 0.2) is 4.52 Å². The zero-order valence-electron chi connectivity index (χ0n) is 14.2. The predicted octanol–water partition coefficient (Wildman–Crippen LogP) is 3.52. The fourth-order valence-electron chi connectivity index (χ4n) is 3.91. The number of carboxylic acid groups (broad SMARTS) is 1. The van der Waals surface area contributed by atoms with E-state index in [0.29, 0.717) is 22.0 Å². The van der Waals surface area contributed by atoms with E-state index < -0.39 is 16.3 Å². The molecule has 0 bridgehead atoms. The van der Waals surface area contributed by atoms with Crippen molar-refractivity contribution in [3.63, 3.8) is 0 Å². The Morgan fingerprint density at radius 2 is 2.09 bits per heavy atom. The standard InChI is InChI=1S/C16H22N2O3S2/c1-7(2)11-10(9(4)17-21-11)16(14(19)20)15(5,6)23-13-8(3)12(22)18(13)16/h7-8,13H,1-6H3,(H,19,20)/t8-,13-,16+/m1/s1. The van der Waals surface area contributed by atoms with Crippen molar-refractivity contribution in [3.05, 3.63) is 17.0 Å². The molecule has 3 atom stereocenters. The summed E-state index contributed by atoms with van der Waals surface area (Å²) in [7, 11) is 0. The molecule has 1 aromatic rings. The second kappa shape index (κ2) is 4.96. The Labute approximate surface area is 145 Å². The second-order valence-corrected chi connectivity index (χ2v) is 9.35. The Kier molecular flexibility index (Phi) is 3.61. The summed E-state index contributed by atoms with van der Waals surface area (Å²) in [6, 6.07) is 0. The van der Waals surface area contributed by atoms with E-state index in [1.54, 1.807) is 11.8 Å². The Balaban J connectivity index is 2.32. The van der Waals surface area contributed by atoms with Gasteiger partial charge >= 0.3 is 5.97 Å². The molecule has 0 aromatic carbocycles. The van der Waals surface area contributed by atoms with E-state index in [2.05, 4.69) is 12.1 Å². The zero-order chi connectivity index (χ0) is 17.3. The molecule has 0 aliphatic carbocycles. The SMILES string of the molecule is Cc1noc(C(C)C)c1[C@@]1(C(=O)O)N2C(=S)[C@@H](C)[C@H]2SC1(C)C. The van der Waals surface area contributed by atoms with Crippen LogP contribution in [0.4, 0.5) is 0 Å². The van der Waals surface area contributed by atoms with Crippen LogP contribution < -0.4 is 0 Å². The van der Waals surface area contributed by atoms with Crippen LogP contribution in [0, 0.1) is 12.8 Å². The first kappa shape index (κ1) is 16.8. The summed E-state index contributed by atoms with van der Waals surface area (Å²) in [5, 5.41) is 14.5. The molecule has 2 aliphatic heterocycles. The number of thiocarbonyl (C=S) groups is 1. The number of aromatic nitrogens is 1. The van der Waals surface area contributed by atoms with E-state index in [-0.39, 0.29) is 17.2 Å². The van der Waals surface area contributed by atoms with Gasteiger partial charge in [0.05, 0.1) is 26.4 Å². The highest BCUT2D eigenvalue weighted by molar-refractivity contribution is 8.01. The van der Waals surface area contributed by atoms with Gasteiger partial charge < -0.3 is 14.5 Å². The minimum atomic E-state index is -1.24. The molecule has 0 saturated carbocycles. The topological polar surface area (TPSA) is 66.6 Å². The monoisotopic (exact) mass is 354 g/mol. The molecule has 0 radical (unpaired) electrons. The first-order chi connectivity index (χ1) is 10.6. The summed E-state index contributed by atoms with van der Waals surface area (Å²) < 4.78 is 4.96. The molecule has 2 aliphatic rings. The molecule has 3 heterocycles. The van der Waals surface area contributed by atoms with E-state index >= 15 is 0 Å². The van der Waals surface area contributed by atoms with Crippen LogP contribution in [-0.4, -0.2) is 36.2 Å². The third-order valence-corrected chi connectivity index (χ3v) is 7.36. The maximum Gasteiger partial charge on any atom is 0.336 e. The molecule has 3 rings (SSSR count). The summed E-state index contributed by atoms with van der Waals surface area (Å²) in [5.41, 5.74) is 0.0670. The third kappa shape index (κ3) is 1.83. The number of aliphatic carboxylic acids is 1. The van der Waals surface area contributed by atoms with Gasteiger partial charge in [-0.25, -0.2) is 4.79 Å². The van der Waals surface area contributed by atoms with Crippen LogP contribution in [0.3, 0.4) is 0 Å². The van der Waals surface area contributed by atoms with Gasteiger partial charge in [-0.05, 0) is 20.8 Å². The quantitative estimate of drug-likeness (QED) is 0.833. The van der Waals surface area contributed by atoms with Gasteiger partial charge in [-0.1, -0.05) is 38.1 Å². The van der Waals surface area contributed by atoms with E-state index in [9.17, 15) is 9.90 Å². The maximum atomic E-state index is 12.6. The summed E-state index contributed by atoms with van der Waals surface area (Å²) in [6.07, 6.45) is 0. The molecule has 126 valence electrons. The lowest BCUT2D eigenvalue weighted by Gasteiger charge is -2.51.